The van der Waals surface area contributed by atoms with E-state index in [2.05, 4.69) is 34.8 Å². The summed E-state index contributed by atoms with van der Waals surface area (Å²) in [4.78, 5) is 0. The van der Waals surface area contributed by atoms with E-state index in [0.29, 0.717) is 12.8 Å². The lowest BCUT2D eigenvalue weighted by molar-refractivity contribution is -0.734. The largest absolute Gasteiger partial charge is 0.338 e. The van der Waals surface area contributed by atoms with Gasteiger partial charge in [0.2, 0.25) is 6.33 Å². The molecule has 0 atom stereocenters. The highest BCUT2D eigenvalue weighted by Crippen LogP contribution is 2.19. The van der Waals surface area contributed by atoms with Gasteiger partial charge in [-0.05, 0) is 19.3 Å². The minimum Gasteiger partial charge on any atom is -0.338 e. The first-order valence-electron chi connectivity index (χ1n) is 7.05. The number of unbranched alkanes of at least 4 members (excludes halogenated alkanes) is 1. The summed E-state index contributed by atoms with van der Waals surface area (Å²) in [6, 6.07) is 0. The van der Waals surface area contributed by atoms with Gasteiger partial charge in [0.25, 0.3) is 0 Å². The van der Waals surface area contributed by atoms with Gasteiger partial charge in [0, 0.05) is 0 Å². The third kappa shape index (κ3) is 4.15. The van der Waals surface area contributed by atoms with E-state index in [4.69, 9.17) is 4.74 Å². The lowest BCUT2D eigenvalue weighted by Gasteiger charge is -2.20. The Labute approximate surface area is 104 Å². The molecule has 1 heterocycles. The van der Waals surface area contributed by atoms with Crippen LogP contribution in [-0.4, -0.2) is 10.7 Å². The molecule has 1 fully saturated rings. The molecule has 0 radical (unpaired) electrons. The number of aromatic nitrogens is 2. The van der Waals surface area contributed by atoms with Gasteiger partial charge < -0.3 is 4.74 Å². The average molecular weight is 237 g/mol. The number of nitrogens with zero attached hydrogens (tertiary/aromatic N) is 2. The minimum absolute atomic E-state index is 0.496. The molecule has 0 N–H and O–H groups in total. The van der Waals surface area contributed by atoms with Crippen LogP contribution in [0.15, 0.2) is 18.7 Å². The molecule has 0 aromatic carbocycles. The zero-order valence-corrected chi connectivity index (χ0v) is 11.0. The molecule has 17 heavy (non-hydrogen) atoms. The average Bonchev–Trinajstić information content (AvgIpc) is 2.83. The molecule has 1 aromatic rings. The summed E-state index contributed by atoms with van der Waals surface area (Å²) in [7, 11) is 0. The third-order valence-corrected chi connectivity index (χ3v) is 3.53. The molecular formula is C14H25N2O+. The SMILES string of the molecule is CCCCn1cc[n+](COC2CCCCC2)c1. The Morgan fingerprint density at radius 1 is 1.29 bits per heavy atom. The zero-order valence-electron chi connectivity index (χ0n) is 11.0. The molecule has 0 aliphatic heterocycles. The van der Waals surface area contributed by atoms with Crippen molar-refractivity contribution in [3.05, 3.63) is 18.7 Å². The van der Waals surface area contributed by atoms with Crippen molar-refractivity contribution in [2.75, 3.05) is 0 Å². The molecule has 1 saturated carbocycles. The van der Waals surface area contributed by atoms with Gasteiger partial charge >= 0.3 is 0 Å². The molecule has 1 aliphatic carbocycles. The van der Waals surface area contributed by atoms with Crippen molar-refractivity contribution in [3.63, 3.8) is 0 Å². The summed E-state index contributed by atoms with van der Waals surface area (Å²) < 4.78 is 10.3. The van der Waals surface area contributed by atoms with E-state index in [1.807, 2.05) is 0 Å². The van der Waals surface area contributed by atoms with E-state index in [-0.39, 0.29) is 0 Å². The van der Waals surface area contributed by atoms with Crippen LogP contribution in [0.4, 0.5) is 0 Å². The van der Waals surface area contributed by atoms with Crippen LogP contribution < -0.4 is 4.57 Å². The van der Waals surface area contributed by atoms with Crippen LogP contribution in [0.5, 0.6) is 0 Å². The maximum absolute atomic E-state index is 5.94. The normalized spacial score (nSPS) is 17.5. The van der Waals surface area contributed by atoms with E-state index >= 15 is 0 Å². The van der Waals surface area contributed by atoms with Crippen LogP contribution in [0, 0.1) is 0 Å². The Balaban J connectivity index is 1.72. The van der Waals surface area contributed by atoms with Crippen LogP contribution in [0.2, 0.25) is 0 Å². The first-order valence-corrected chi connectivity index (χ1v) is 7.05. The highest BCUT2D eigenvalue weighted by atomic mass is 16.5. The number of hydrogen-bond donors (Lipinski definition) is 0. The molecule has 0 saturated heterocycles. The standard InChI is InChI=1S/C14H25N2O/c1-2-3-9-15-10-11-16(12-15)13-17-14-7-5-4-6-8-14/h10-12,14H,2-9,13H2,1H3/q+1. The molecule has 0 spiro atoms. The summed E-state index contributed by atoms with van der Waals surface area (Å²) in [6.07, 6.45) is 16.0. The number of rotatable bonds is 6. The maximum atomic E-state index is 5.94. The maximum Gasteiger partial charge on any atom is 0.245 e. The van der Waals surface area contributed by atoms with Crippen molar-refractivity contribution in [1.29, 1.82) is 0 Å². The molecule has 1 aliphatic rings. The second-order valence-electron chi connectivity index (χ2n) is 5.07. The van der Waals surface area contributed by atoms with Crippen molar-refractivity contribution in [3.8, 4) is 0 Å². The first kappa shape index (κ1) is 12.6. The van der Waals surface area contributed by atoms with Gasteiger partial charge in [-0.15, -0.1) is 0 Å². The van der Waals surface area contributed by atoms with Crippen LogP contribution in [0.25, 0.3) is 0 Å². The van der Waals surface area contributed by atoms with Gasteiger partial charge in [0.15, 0.2) is 6.73 Å². The Bertz CT molecular complexity index is 316. The molecular weight excluding hydrogens is 212 g/mol. The smallest absolute Gasteiger partial charge is 0.245 e. The third-order valence-electron chi connectivity index (χ3n) is 3.53. The summed E-state index contributed by atoms with van der Waals surface area (Å²) in [6.45, 7) is 4.06. The second kappa shape index (κ2) is 6.80. The van der Waals surface area contributed by atoms with Gasteiger partial charge in [-0.25, -0.2) is 9.13 Å². The Kier molecular flexibility index (Phi) is 5.05. The van der Waals surface area contributed by atoms with Crippen molar-refractivity contribution >= 4 is 0 Å². The quantitative estimate of drug-likeness (QED) is 0.696. The fourth-order valence-electron chi connectivity index (χ4n) is 2.41. The molecule has 2 rings (SSSR count). The fourth-order valence-corrected chi connectivity index (χ4v) is 2.41. The topological polar surface area (TPSA) is 18.0 Å². The van der Waals surface area contributed by atoms with Gasteiger partial charge in [-0.2, -0.15) is 0 Å². The predicted molar refractivity (Wildman–Crippen MR) is 67.5 cm³/mol. The van der Waals surface area contributed by atoms with Gasteiger partial charge in [0.1, 0.15) is 12.4 Å². The summed E-state index contributed by atoms with van der Waals surface area (Å²) >= 11 is 0. The van der Waals surface area contributed by atoms with Crippen LogP contribution >= 0.6 is 0 Å². The number of ether oxygens (including phenoxy) is 1. The van der Waals surface area contributed by atoms with Gasteiger partial charge in [-0.1, -0.05) is 32.6 Å². The molecule has 3 heteroatoms. The van der Waals surface area contributed by atoms with Crippen molar-refractivity contribution in [2.45, 2.75) is 71.2 Å². The number of hydrogen-bond acceptors (Lipinski definition) is 1. The van der Waals surface area contributed by atoms with Gasteiger partial charge in [0.05, 0.1) is 12.6 Å². The molecule has 0 amide bonds. The highest BCUT2D eigenvalue weighted by molar-refractivity contribution is 4.66. The molecule has 1 aromatic heterocycles. The van der Waals surface area contributed by atoms with E-state index in [1.54, 1.807) is 0 Å². The highest BCUT2D eigenvalue weighted by Gasteiger charge is 2.14. The zero-order chi connectivity index (χ0) is 11.9. The predicted octanol–water partition coefficient (Wildman–Crippen LogP) is 2.88. The summed E-state index contributed by atoms with van der Waals surface area (Å²) in [5, 5.41) is 0. The second-order valence-corrected chi connectivity index (χ2v) is 5.07. The molecule has 0 unspecified atom stereocenters. The van der Waals surface area contributed by atoms with Crippen LogP contribution in [0.3, 0.4) is 0 Å². The Morgan fingerprint density at radius 2 is 2.12 bits per heavy atom. The number of imidazole rings is 1. The lowest BCUT2D eigenvalue weighted by atomic mass is 9.98. The van der Waals surface area contributed by atoms with E-state index in [0.717, 1.165) is 6.54 Å². The monoisotopic (exact) mass is 237 g/mol. The van der Waals surface area contributed by atoms with Crippen molar-refractivity contribution in [1.82, 2.24) is 4.57 Å². The van der Waals surface area contributed by atoms with Crippen molar-refractivity contribution < 1.29 is 9.30 Å². The molecule has 3 nitrogen and oxygen atoms in total. The van der Waals surface area contributed by atoms with Crippen molar-refractivity contribution in [2.24, 2.45) is 0 Å². The number of aryl methyl sites for hydroxylation is 1. The summed E-state index contributed by atoms with van der Waals surface area (Å²) in [5.74, 6) is 0. The molecule has 0 bridgehead atoms. The van der Waals surface area contributed by atoms with Gasteiger partial charge in [-0.3, -0.25) is 0 Å². The fraction of sp³-hybridized carbons (Fsp3) is 0.786. The van der Waals surface area contributed by atoms with Crippen LogP contribution in [0.1, 0.15) is 51.9 Å². The van der Waals surface area contributed by atoms with Crippen LogP contribution in [-0.2, 0) is 18.0 Å². The van der Waals surface area contributed by atoms with E-state index < -0.39 is 0 Å². The Hall–Kier alpha value is -0.830. The Morgan fingerprint density at radius 3 is 2.88 bits per heavy atom. The summed E-state index contributed by atoms with van der Waals surface area (Å²) in [5.41, 5.74) is 0. The molecule has 96 valence electrons. The van der Waals surface area contributed by atoms with E-state index in [9.17, 15) is 0 Å². The van der Waals surface area contributed by atoms with E-state index in [1.165, 1.54) is 44.9 Å². The minimum atomic E-state index is 0.496. The lowest BCUT2D eigenvalue weighted by Crippen LogP contribution is -2.35. The first-order chi connectivity index (χ1) is 8.38.